The molecule has 2 aromatic rings. The molecule has 2 aliphatic rings. The quantitative estimate of drug-likeness (QED) is 0.451. The van der Waals surface area contributed by atoms with Crippen LogP contribution in [0.3, 0.4) is 0 Å². The molecule has 5 atom stereocenters. The lowest BCUT2D eigenvalue weighted by Crippen LogP contribution is -2.35. The van der Waals surface area contributed by atoms with Gasteiger partial charge < -0.3 is 29.8 Å². The van der Waals surface area contributed by atoms with Crippen LogP contribution in [0.5, 0.6) is 0 Å². The maximum atomic E-state index is 14.4. The van der Waals surface area contributed by atoms with Crippen molar-refractivity contribution in [1.29, 1.82) is 0 Å². The summed E-state index contributed by atoms with van der Waals surface area (Å²) in [4.78, 5) is 3.83. The van der Waals surface area contributed by atoms with E-state index in [1.807, 2.05) is 0 Å². The first-order valence-corrected chi connectivity index (χ1v) is 8.89. The van der Waals surface area contributed by atoms with Crippen molar-refractivity contribution in [3.63, 3.8) is 0 Å². The van der Waals surface area contributed by atoms with Gasteiger partial charge in [-0.3, -0.25) is 0 Å². The fourth-order valence-corrected chi connectivity index (χ4v) is 3.71. The maximum Gasteiger partial charge on any atom is 0.202 e. The Bertz CT molecular complexity index is 945. The van der Waals surface area contributed by atoms with Crippen LogP contribution in [0, 0.1) is 5.82 Å². The number of hydrogen-bond donors (Lipinski definition) is 4. The van der Waals surface area contributed by atoms with E-state index in [2.05, 4.69) is 10.1 Å². The average Bonchev–Trinajstić information content (AvgIpc) is 3.19. The van der Waals surface area contributed by atoms with Crippen LogP contribution in [0.4, 0.5) is 4.39 Å². The van der Waals surface area contributed by atoms with Gasteiger partial charge in [0.05, 0.1) is 5.56 Å². The molecule has 0 unspecified atom stereocenters. The Morgan fingerprint density at radius 2 is 1.96 bits per heavy atom. The van der Waals surface area contributed by atoms with E-state index >= 15 is 0 Å². The second-order valence-corrected chi connectivity index (χ2v) is 7.05. The fraction of sp³-hybridized carbons (Fsp3) is 0.333. The molecule has 0 bridgehead atoms. The molecule has 28 heavy (non-hydrogen) atoms. The van der Waals surface area contributed by atoms with Crippen molar-refractivity contribution in [3.05, 3.63) is 58.1 Å². The summed E-state index contributed by atoms with van der Waals surface area (Å²) in [6.07, 6.45) is -3.63. The number of fused-ring (bicyclic) bond motifs is 1. The van der Waals surface area contributed by atoms with Crippen LogP contribution in [0.1, 0.15) is 29.2 Å². The van der Waals surface area contributed by atoms with Crippen molar-refractivity contribution in [2.24, 2.45) is 10.1 Å². The second kappa shape index (κ2) is 7.26. The molecule has 2 aliphatic heterocycles. The Kier molecular flexibility index (Phi) is 4.94. The van der Waals surface area contributed by atoms with Crippen LogP contribution in [-0.2, 0) is 11.2 Å². The third-order valence-electron chi connectivity index (χ3n) is 4.98. The third kappa shape index (κ3) is 3.01. The van der Waals surface area contributed by atoms with E-state index in [1.54, 1.807) is 24.3 Å². The van der Waals surface area contributed by atoms with Crippen LogP contribution >= 0.6 is 11.6 Å². The Morgan fingerprint density at radius 3 is 2.64 bits per heavy atom. The Labute approximate surface area is 163 Å². The van der Waals surface area contributed by atoms with Gasteiger partial charge >= 0.3 is 0 Å². The first-order valence-electron chi connectivity index (χ1n) is 8.51. The largest absolute Gasteiger partial charge is 0.409 e. The molecule has 10 heteroatoms. The highest BCUT2D eigenvalue weighted by atomic mass is 35.5. The highest BCUT2D eigenvalue weighted by Crippen LogP contribution is 2.38. The lowest BCUT2D eigenvalue weighted by atomic mass is 9.99. The maximum absolute atomic E-state index is 14.4. The molecule has 148 valence electrons. The summed E-state index contributed by atoms with van der Waals surface area (Å²) in [5.74, 6) is -0.894. The van der Waals surface area contributed by atoms with Gasteiger partial charge in [-0.25, -0.2) is 9.38 Å². The van der Waals surface area contributed by atoms with Crippen molar-refractivity contribution in [3.8, 4) is 0 Å². The molecule has 1 aromatic carbocycles. The van der Waals surface area contributed by atoms with Crippen LogP contribution in [0.2, 0.25) is 5.02 Å². The molecular formula is C18H17ClFN3O5. The van der Waals surface area contributed by atoms with Crippen molar-refractivity contribution in [2.45, 2.75) is 37.1 Å². The average molecular weight is 410 g/mol. The number of benzene rings is 1. The summed E-state index contributed by atoms with van der Waals surface area (Å²) in [6, 6.07) is 6.34. The number of aliphatic hydroxyl groups excluding tert-OH is 3. The van der Waals surface area contributed by atoms with Crippen molar-refractivity contribution in [1.82, 2.24) is 4.57 Å². The zero-order valence-corrected chi connectivity index (χ0v) is 15.1. The molecule has 0 saturated carbocycles. The predicted molar refractivity (Wildman–Crippen MR) is 97.2 cm³/mol. The number of halogens is 2. The molecule has 1 saturated heterocycles. The van der Waals surface area contributed by atoms with Crippen molar-refractivity contribution in [2.75, 3.05) is 0 Å². The topological polar surface area (TPSA) is 120 Å². The minimum absolute atomic E-state index is 0.00279. The smallest absolute Gasteiger partial charge is 0.202 e. The number of ether oxygens (including phenoxy) is 1. The van der Waals surface area contributed by atoms with Gasteiger partial charge in [-0.05, 0) is 17.7 Å². The molecular weight excluding hydrogens is 393 g/mol. The summed E-state index contributed by atoms with van der Waals surface area (Å²) in [7, 11) is 0. The summed E-state index contributed by atoms with van der Waals surface area (Å²) in [6.45, 7) is 0. The van der Waals surface area contributed by atoms with Gasteiger partial charge in [-0.15, -0.1) is 0 Å². The van der Waals surface area contributed by atoms with Gasteiger partial charge in [-0.1, -0.05) is 28.9 Å². The van der Waals surface area contributed by atoms with E-state index in [4.69, 9.17) is 21.5 Å². The van der Waals surface area contributed by atoms with E-state index < -0.39 is 36.5 Å². The van der Waals surface area contributed by atoms with E-state index in [0.29, 0.717) is 16.3 Å². The Morgan fingerprint density at radius 1 is 1.25 bits per heavy atom. The minimum Gasteiger partial charge on any atom is -0.409 e. The first-order chi connectivity index (χ1) is 13.4. The van der Waals surface area contributed by atoms with E-state index in [9.17, 15) is 19.7 Å². The summed E-state index contributed by atoms with van der Waals surface area (Å²) >= 11 is 5.85. The van der Waals surface area contributed by atoms with Gasteiger partial charge in [0.25, 0.3) is 0 Å². The lowest BCUT2D eigenvalue weighted by molar-refractivity contribution is -0.0865. The van der Waals surface area contributed by atoms with E-state index in [1.165, 1.54) is 10.8 Å². The number of aliphatic hydroxyl groups is 3. The van der Waals surface area contributed by atoms with Crippen molar-refractivity contribution < 1.29 is 29.7 Å². The van der Waals surface area contributed by atoms with Gasteiger partial charge in [0.1, 0.15) is 24.4 Å². The second-order valence-electron chi connectivity index (χ2n) is 6.61. The highest BCUT2D eigenvalue weighted by molar-refractivity contribution is 6.30. The number of aromatic nitrogens is 1. The SMILES string of the molecule is O/N=C1/N=CCc2c1c(F)cn2[C@@H]1O[C@H]([C@H](O)c2ccc(Cl)cc2)[C@@H](O)[C@H]1O. The highest BCUT2D eigenvalue weighted by Gasteiger charge is 2.48. The number of nitrogens with zero attached hydrogens (tertiary/aromatic N) is 3. The molecule has 3 heterocycles. The molecule has 1 fully saturated rings. The molecule has 0 aliphatic carbocycles. The van der Waals surface area contributed by atoms with Crippen LogP contribution in [0.25, 0.3) is 0 Å². The van der Waals surface area contributed by atoms with Crippen LogP contribution in [0.15, 0.2) is 40.6 Å². The van der Waals surface area contributed by atoms with Gasteiger partial charge in [-0.2, -0.15) is 0 Å². The number of amidine groups is 1. The standard InChI is InChI=1S/C18H17ClFN3O5/c19-9-3-1-8(2-4-9)13(24)16-14(25)15(26)18(28-16)23-7-10(20)12-11(23)5-6-21-17(12)22-27/h1-4,6-7,13-16,18,24-27H,5H2/b22-17+/t13-,14+,15-,16-,18-/m1/s1. The first kappa shape index (κ1) is 19.0. The minimum atomic E-state index is -1.42. The molecule has 1 aromatic heterocycles. The van der Waals surface area contributed by atoms with Crippen molar-refractivity contribution >= 4 is 23.7 Å². The zero-order chi connectivity index (χ0) is 20.0. The monoisotopic (exact) mass is 409 g/mol. The Hall–Kier alpha value is -2.30. The lowest BCUT2D eigenvalue weighted by Gasteiger charge is -2.22. The molecule has 0 amide bonds. The third-order valence-corrected chi connectivity index (χ3v) is 5.23. The molecule has 4 rings (SSSR count). The predicted octanol–water partition coefficient (Wildman–Crippen LogP) is 1.40. The fourth-order valence-electron chi connectivity index (χ4n) is 3.59. The Balaban J connectivity index is 1.65. The number of oxime groups is 1. The summed E-state index contributed by atoms with van der Waals surface area (Å²) in [5.41, 5.74) is 0.819. The van der Waals surface area contributed by atoms with Gasteiger partial charge in [0.15, 0.2) is 12.0 Å². The normalized spacial score (nSPS) is 29.2. The molecule has 0 spiro atoms. The number of aliphatic imine (C=N–C) groups is 1. The van der Waals surface area contributed by atoms with E-state index in [0.717, 1.165) is 6.20 Å². The summed E-state index contributed by atoms with van der Waals surface area (Å²) in [5, 5.41) is 44.0. The van der Waals surface area contributed by atoms with Gasteiger partial charge in [0.2, 0.25) is 5.84 Å². The number of hydrogen-bond acceptors (Lipinski definition) is 6. The van der Waals surface area contributed by atoms with Crippen LogP contribution < -0.4 is 0 Å². The van der Waals surface area contributed by atoms with E-state index in [-0.39, 0.29) is 17.8 Å². The van der Waals surface area contributed by atoms with Gasteiger partial charge in [0, 0.05) is 29.5 Å². The molecule has 0 radical (unpaired) electrons. The number of rotatable bonds is 3. The zero-order valence-electron chi connectivity index (χ0n) is 14.4. The van der Waals surface area contributed by atoms with Crippen LogP contribution in [-0.4, -0.2) is 55.5 Å². The molecule has 4 N–H and O–H groups in total. The molecule has 8 nitrogen and oxygen atoms in total. The summed E-state index contributed by atoms with van der Waals surface area (Å²) < 4.78 is 21.5.